The van der Waals surface area contributed by atoms with Gasteiger partial charge < -0.3 is 10.3 Å². The molecular weight excluding hydrogens is 236 g/mol. The van der Waals surface area contributed by atoms with Crippen molar-refractivity contribution in [3.63, 3.8) is 0 Å². The molecule has 0 aliphatic carbocycles. The Morgan fingerprint density at radius 2 is 2.11 bits per heavy atom. The molecule has 1 atom stereocenters. The van der Waals surface area contributed by atoms with Gasteiger partial charge in [-0.2, -0.15) is 4.98 Å². The van der Waals surface area contributed by atoms with Crippen molar-refractivity contribution in [2.24, 2.45) is 5.73 Å². The van der Waals surface area contributed by atoms with E-state index in [0.717, 1.165) is 0 Å². The van der Waals surface area contributed by atoms with Gasteiger partial charge in [0, 0.05) is 30.2 Å². The molecule has 1 aromatic carbocycles. The van der Waals surface area contributed by atoms with Gasteiger partial charge in [0.25, 0.3) is 11.6 Å². The number of non-ortho nitro benzene ring substituents is 1. The maximum atomic E-state index is 10.5. The van der Waals surface area contributed by atoms with E-state index < -0.39 is 4.92 Å². The number of rotatable bonds is 4. The molecule has 0 aliphatic rings. The largest absolute Gasteiger partial charge is 0.334 e. The monoisotopic (exact) mass is 248 g/mol. The summed E-state index contributed by atoms with van der Waals surface area (Å²) >= 11 is 0. The molecule has 0 fully saturated rings. The van der Waals surface area contributed by atoms with Gasteiger partial charge in [0.2, 0.25) is 0 Å². The normalized spacial score (nSPS) is 12.3. The average Bonchev–Trinajstić information content (AvgIpc) is 2.76. The van der Waals surface area contributed by atoms with Gasteiger partial charge in [-0.1, -0.05) is 5.16 Å². The smallest absolute Gasteiger partial charge is 0.269 e. The third-order valence-corrected chi connectivity index (χ3v) is 2.30. The lowest BCUT2D eigenvalue weighted by Gasteiger charge is -1.97. The molecule has 0 bridgehead atoms. The fourth-order valence-corrected chi connectivity index (χ4v) is 1.47. The van der Waals surface area contributed by atoms with Crippen LogP contribution in [0.15, 0.2) is 28.8 Å². The first-order valence-corrected chi connectivity index (χ1v) is 5.39. The van der Waals surface area contributed by atoms with Crippen molar-refractivity contribution in [3.8, 4) is 11.5 Å². The lowest BCUT2D eigenvalue weighted by molar-refractivity contribution is -0.384. The van der Waals surface area contributed by atoms with Crippen molar-refractivity contribution in [3.05, 3.63) is 40.2 Å². The highest BCUT2D eigenvalue weighted by Gasteiger charge is 2.11. The maximum Gasteiger partial charge on any atom is 0.269 e. The van der Waals surface area contributed by atoms with Crippen molar-refractivity contribution in [2.75, 3.05) is 0 Å². The Labute approximate surface area is 103 Å². The fourth-order valence-electron chi connectivity index (χ4n) is 1.47. The van der Waals surface area contributed by atoms with E-state index in [-0.39, 0.29) is 11.7 Å². The first kappa shape index (κ1) is 12.2. The van der Waals surface area contributed by atoms with E-state index in [0.29, 0.717) is 23.7 Å². The summed E-state index contributed by atoms with van der Waals surface area (Å²) in [5, 5.41) is 14.3. The third kappa shape index (κ3) is 2.69. The fraction of sp³-hybridized carbons (Fsp3) is 0.273. The van der Waals surface area contributed by atoms with E-state index in [2.05, 4.69) is 10.1 Å². The second-order valence-electron chi connectivity index (χ2n) is 4.00. The van der Waals surface area contributed by atoms with Crippen LogP contribution in [-0.2, 0) is 6.42 Å². The number of nitro groups is 1. The SMILES string of the molecule is CC(N)Cc1noc(-c2ccc([N+](=O)[O-])cc2)n1. The van der Waals surface area contributed by atoms with Crippen LogP contribution in [0.1, 0.15) is 12.7 Å². The van der Waals surface area contributed by atoms with E-state index in [1.807, 2.05) is 6.92 Å². The van der Waals surface area contributed by atoms with Gasteiger partial charge in [-0.25, -0.2) is 0 Å². The van der Waals surface area contributed by atoms with Crippen LogP contribution < -0.4 is 5.73 Å². The van der Waals surface area contributed by atoms with Gasteiger partial charge in [-0.05, 0) is 19.1 Å². The molecule has 1 heterocycles. The van der Waals surface area contributed by atoms with Crippen molar-refractivity contribution in [2.45, 2.75) is 19.4 Å². The number of aromatic nitrogens is 2. The minimum atomic E-state index is -0.459. The predicted molar refractivity (Wildman–Crippen MR) is 63.7 cm³/mol. The molecule has 94 valence electrons. The molecule has 1 unspecified atom stereocenters. The van der Waals surface area contributed by atoms with Crippen molar-refractivity contribution >= 4 is 5.69 Å². The summed E-state index contributed by atoms with van der Waals surface area (Å²) < 4.78 is 5.07. The van der Waals surface area contributed by atoms with Crippen LogP contribution in [0.2, 0.25) is 0 Å². The molecule has 2 rings (SSSR count). The lowest BCUT2D eigenvalue weighted by atomic mass is 10.2. The van der Waals surface area contributed by atoms with Gasteiger partial charge in [-0.3, -0.25) is 10.1 Å². The Hall–Kier alpha value is -2.28. The van der Waals surface area contributed by atoms with Crippen LogP contribution >= 0.6 is 0 Å². The number of nitrogens with zero attached hydrogens (tertiary/aromatic N) is 3. The molecule has 7 nitrogen and oxygen atoms in total. The number of nitro benzene ring substituents is 1. The molecule has 0 radical (unpaired) electrons. The number of hydrogen-bond donors (Lipinski definition) is 1. The topological polar surface area (TPSA) is 108 Å². The zero-order valence-corrected chi connectivity index (χ0v) is 9.74. The summed E-state index contributed by atoms with van der Waals surface area (Å²) in [6, 6.07) is 5.88. The van der Waals surface area contributed by atoms with Crippen molar-refractivity contribution < 1.29 is 9.45 Å². The van der Waals surface area contributed by atoms with Crippen molar-refractivity contribution in [1.82, 2.24) is 10.1 Å². The molecule has 0 saturated heterocycles. The third-order valence-electron chi connectivity index (χ3n) is 2.30. The highest BCUT2D eigenvalue weighted by atomic mass is 16.6. The summed E-state index contributed by atoms with van der Waals surface area (Å²) in [6.07, 6.45) is 0.524. The Balaban J connectivity index is 2.20. The van der Waals surface area contributed by atoms with E-state index in [9.17, 15) is 10.1 Å². The van der Waals surface area contributed by atoms with Gasteiger partial charge in [0.15, 0.2) is 5.82 Å². The molecule has 0 spiro atoms. The second kappa shape index (κ2) is 4.92. The molecule has 2 N–H and O–H groups in total. The Bertz CT molecular complexity index is 548. The molecule has 0 aliphatic heterocycles. The first-order valence-electron chi connectivity index (χ1n) is 5.39. The summed E-state index contributed by atoms with van der Waals surface area (Å²) in [5.41, 5.74) is 6.29. The van der Waals surface area contributed by atoms with Gasteiger partial charge in [0.05, 0.1) is 4.92 Å². The van der Waals surface area contributed by atoms with E-state index in [1.165, 1.54) is 12.1 Å². The standard InChI is InChI=1S/C11H12N4O3/c1-7(12)6-10-13-11(18-14-10)8-2-4-9(5-3-8)15(16)17/h2-5,7H,6,12H2,1H3. The summed E-state index contributed by atoms with van der Waals surface area (Å²) in [4.78, 5) is 14.2. The quantitative estimate of drug-likeness (QED) is 0.649. The number of nitrogens with two attached hydrogens (primary N) is 1. The second-order valence-corrected chi connectivity index (χ2v) is 4.00. The maximum absolute atomic E-state index is 10.5. The van der Waals surface area contributed by atoms with Crippen LogP contribution in [0.25, 0.3) is 11.5 Å². The highest BCUT2D eigenvalue weighted by Crippen LogP contribution is 2.20. The van der Waals surface area contributed by atoms with E-state index in [1.54, 1.807) is 12.1 Å². The van der Waals surface area contributed by atoms with Crippen LogP contribution in [0.4, 0.5) is 5.69 Å². The summed E-state index contributed by atoms with van der Waals surface area (Å²) in [6.45, 7) is 1.85. The molecule has 18 heavy (non-hydrogen) atoms. The summed E-state index contributed by atoms with van der Waals surface area (Å²) in [7, 11) is 0. The number of benzene rings is 1. The molecule has 0 saturated carbocycles. The minimum Gasteiger partial charge on any atom is -0.334 e. The van der Waals surface area contributed by atoms with Crippen LogP contribution in [-0.4, -0.2) is 21.1 Å². The van der Waals surface area contributed by atoms with Crippen LogP contribution in [0.3, 0.4) is 0 Å². The highest BCUT2D eigenvalue weighted by molar-refractivity contribution is 5.55. The molecule has 2 aromatic rings. The van der Waals surface area contributed by atoms with Crippen LogP contribution in [0.5, 0.6) is 0 Å². The number of hydrogen-bond acceptors (Lipinski definition) is 6. The van der Waals surface area contributed by atoms with Crippen molar-refractivity contribution in [1.29, 1.82) is 0 Å². The van der Waals surface area contributed by atoms with Crippen LogP contribution in [0, 0.1) is 10.1 Å². The zero-order chi connectivity index (χ0) is 13.1. The zero-order valence-electron chi connectivity index (χ0n) is 9.74. The Morgan fingerprint density at radius 1 is 1.44 bits per heavy atom. The molecule has 7 heteroatoms. The Morgan fingerprint density at radius 3 is 2.67 bits per heavy atom. The predicted octanol–water partition coefficient (Wildman–Crippen LogP) is 1.53. The van der Waals surface area contributed by atoms with Gasteiger partial charge >= 0.3 is 0 Å². The van der Waals surface area contributed by atoms with E-state index in [4.69, 9.17) is 10.3 Å². The van der Waals surface area contributed by atoms with Gasteiger partial charge in [-0.15, -0.1) is 0 Å². The molecule has 0 amide bonds. The molecule has 1 aromatic heterocycles. The average molecular weight is 248 g/mol. The first-order chi connectivity index (χ1) is 8.56. The lowest BCUT2D eigenvalue weighted by Crippen LogP contribution is -2.18. The summed E-state index contributed by atoms with van der Waals surface area (Å²) in [5.74, 6) is 0.860. The van der Waals surface area contributed by atoms with E-state index >= 15 is 0 Å². The minimum absolute atomic E-state index is 0.0223. The Kier molecular flexibility index (Phi) is 3.33. The van der Waals surface area contributed by atoms with Gasteiger partial charge in [0.1, 0.15) is 0 Å². The molecular formula is C11H12N4O3.